The van der Waals surface area contributed by atoms with E-state index in [1.807, 2.05) is 39.0 Å². The lowest BCUT2D eigenvalue weighted by Gasteiger charge is -2.15. The molecule has 1 unspecified atom stereocenters. The van der Waals surface area contributed by atoms with Gasteiger partial charge in [0.05, 0.1) is 12.1 Å². The first-order chi connectivity index (χ1) is 11.8. The molecule has 1 heterocycles. The molecule has 2 rings (SSSR count). The summed E-state index contributed by atoms with van der Waals surface area (Å²) in [6.07, 6.45) is 1.15. The maximum absolute atomic E-state index is 12.4. The average Bonchev–Trinajstić information content (AvgIpc) is 2.91. The van der Waals surface area contributed by atoms with Gasteiger partial charge in [-0.2, -0.15) is 0 Å². The Labute approximate surface area is 145 Å². The summed E-state index contributed by atoms with van der Waals surface area (Å²) in [6, 6.07) is 6.46. The van der Waals surface area contributed by atoms with Gasteiger partial charge < -0.3 is 10.4 Å². The third kappa shape index (κ3) is 4.59. The van der Waals surface area contributed by atoms with Crippen LogP contribution in [0.4, 0.5) is 0 Å². The molecule has 0 saturated heterocycles. The van der Waals surface area contributed by atoms with Crippen molar-refractivity contribution in [2.75, 3.05) is 0 Å². The number of carboxylic acids is 1. The van der Waals surface area contributed by atoms with Gasteiger partial charge in [0.25, 0.3) is 11.5 Å². The first-order valence-corrected chi connectivity index (χ1v) is 8.24. The molecule has 7 heteroatoms. The molecule has 0 bridgehead atoms. The lowest BCUT2D eigenvalue weighted by atomic mass is 10.1. The standard InChI is InChI=1S/C18H23N3O4/c1-4-5-13(9-17(23)24)19-18(25)14-10-16(22)21(20-14)15-8-11(2)6-7-12(15)3/h6-8,10,13,20H,4-5,9H2,1-3H3,(H,19,25)(H,23,24). The van der Waals surface area contributed by atoms with Crippen LogP contribution in [0.1, 0.15) is 47.8 Å². The molecule has 0 aliphatic carbocycles. The predicted octanol–water partition coefficient (Wildman–Crippen LogP) is 2.16. The van der Waals surface area contributed by atoms with Crippen molar-refractivity contribution in [1.82, 2.24) is 15.1 Å². The van der Waals surface area contributed by atoms with E-state index in [1.54, 1.807) is 0 Å². The number of benzene rings is 1. The summed E-state index contributed by atoms with van der Waals surface area (Å²) < 4.78 is 1.32. The number of carboxylic acid groups (broad SMARTS) is 1. The normalized spacial score (nSPS) is 12.0. The van der Waals surface area contributed by atoms with E-state index in [0.29, 0.717) is 12.1 Å². The molecule has 0 saturated carbocycles. The van der Waals surface area contributed by atoms with Crippen LogP contribution in [-0.2, 0) is 4.79 Å². The largest absolute Gasteiger partial charge is 0.481 e. The summed E-state index contributed by atoms with van der Waals surface area (Å²) in [5, 5.41) is 14.4. The van der Waals surface area contributed by atoms with Gasteiger partial charge in [-0.1, -0.05) is 25.5 Å². The Balaban J connectivity index is 2.26. The molecule has 0 spiro atoms. The first kappa shape index (κ1) is 18.5. The van der Waals surface area contributed by atoms with E-state index in [9.17, 15) is 14.4 Å². The van der Waals surface area contributed by atoms with Gasteiger partial charge in [0.2, 0.25) is 0 Å². The molecule has 0 fully saturated rings. The smallest absolute Gasteiger partial charge is 0.305 e. The van der Waals surface area contributed by atoms with Crippen molar-refractivity contribution in [1.29, 1.82) is 0 Å². The number of aliphatic carboxylic acids is 1. The molecule has 134 valence electrons. The van der Waals surface area contributed by atoms with E-state index in [2.05, 4.69) is 10.4 Å². The van der Waals surface area contributed by atoms with Crippen molar-refractivity contribution >= 4 is 11.9 Å². The third-order valence-corrected chi connectivity index (χ3v) is 3.96. The number of nitrogens with zero attached hydrogens (tertiary/aromatic N) is 1. The summed E-state index contributed by atoms with van der Waals surface area (Å²) >= 11 is 0. The van der Waals surface area contributed by atoms with Crippen LogP contribution in [0.15, 0.2) is 29.1 Å². The van der Waals surface area contributed by atoms with Crippen LogP contribution in [0.25, 0.3) is 5.69 Å². The third-order valence-electron chi connectivity index (χ3n) is 3.96. The fourth-order valence-corrected chi connectivity index (χ4v) is 2.70. The number of aryl methyl sites for hydroxylation is 2. The van der Waals surface area contributed by atoms with Crippen LogP contribution >= 0.6 is 0 Å². The van der Waals surface area contributed by atoms with Crippen LogP contribution in [0.3, 0.4) is 0 Å². The lowest BCUT2D eigenvalue weighted by Crippen LogP contribution is -2.36. The van der Waals surface area contributed by atoms with Gasteiger partial charge in [-0.05, 0) is 37.5 Å². The highest BCUT2D eigenvalue weighted by atomic mass is 16.4. The van der Waals surface area contributed by atoms with Crippen LogP contribution < -0.4 is 10.9 Å². The summed E-state index contributed by atoms with van der Waals surface area (Å²) in [6.45, 7) is 5.72. The number of carbonyl (C=O) groups is 2. The first-order valence-electron chi connectivity index (χ1n) is 8.24. The van der Waals surface area contributed by atoms with Crippen molar-refractivity contribution in [3.05, 3.63) is 51.4 Å². The average molecular weight is 345 g/mol. The Hall–Kier alpha value is -2.83. The van der Waals surface area contributed by atoms with E-state index < -0.39 is 17.9 Å². The van der Waals surface area contributed by atoms with Crippen molar-refractivity contribution in [3.8, 4) is 5.69 Å². The highest BCUT2D eigenvalue weighted by molar-refractivity contribution is 5.92. The van der Waals surface area contributed by atoms with Gasteiger partial charge >= 0.3 is 5.97 Å². The molecule has 1 atom stereocenters. The number of aromatic amines is 1. The molecule has 0 aliphatic rings. The molecule has 0 radical (unpaired) electrons. The van der Waals surface area contributed by atoms with Gasteiger partial charge in [0.1, 0.15) is 5.69 Å². The fourth-order valence-electron chi connectivity index (χ4n) is 2.70. The molecule has 1 aromatic heterocycles. The molecule has 0 aliphatic heterocycles. The zero-order chi connectivity index (χ0) is 18.6. The van der Waals surface area contributed by atoms with Gasteiger partial charge in [-0.25, -0.2) is 4.68 Å². The van der Waals surface area contributed by atoms with Gasteiger partial charge in [0, 0.05) is 12.1 Å². The van der Waals surface area contributed by atoms with Crippen LogP contribution in [0.2, 0.25) is 0 Å². The topological polar surface area (TPSA) is 104 Å². The van der Waals surface area contributed by atoms with Crippen LogP contribution in [0, 0.1) is 13.8 Å². The Bertz CT molecular complexity index is 835. The number of rotatable bonds is 7. The quantitative estimate of drug-likeness (QED) is 0.715. The molecule has 1 aromatic carbocycles. The van der Waals surface area contributed by atoms with Gasteiger partial charge in [-0.15, -0.1) is 0 Å². The SMILES string of the molecule is CCCC(CC(=O)O)NC(=O)c1cc(=O)n(-c2cc(C)ccc2C)[nH]1. The van der Waals surface area contributed by atoms with E-state index >= 15 is 0 Å². The van der Waals surface area contributed by atoms with E-state index in [-0.39, 0.29) is 17.7 Å². The fraction of sp³-hybridized carbons (Fsp3) is 0.389. The Morgan fingerprint density at radius 2 is 2.00 bits per heavy atom. The van der Waals surface area contributed by atoms with E-state index in [4.69, 9.17) is 5.11 Å². The summed E-state index contributed by atoms with van der Waals surface area (Å²) in [5.41, 5.74) is 2.34. The second-order valence-corrected chi connectivity index (χ2v) is 6.19. The van der Waals surface area contributed by atoms with E-state index in [0.717, 1.165) is 17.5 Å². The molecular weight excluding hydrogens is 322 g/mol. The Morgan fingerprint density at radius 3 is 2.64 bits per heavy atom. The number of amides is 1. The second-order valence-electron chi connectivity index (χ2n) is 6.19. The molecule has 2 aromatic rings. The number of hydrogen-bond acceptors (Lipinski definition) is 3. The summed E-state index contributed by atoms with van der Waals surface area (Å²) in [5.74, 6) is -1.46. The zero-order valence-electron chi connectivity index (χ0n) is 14.6. The number of carbonyl (C=O) groups excluding carboxylic acids is 1. The molecule has 1 amide bonds. The molecule has 25 heavy (non-hydrogen) atoms. The monoisotopic (exact) mass is 345 g/mol. The molecule has 3 N–H and O–H groups in total. The predicted molar refractivity (Wildman–Crippen MR) is 94.3 cm³/mol. The molecular formula is C18H23N3O4. The minimum atomic E-state index is -0.972. The van der Waals surface area contributed by atoms with Crippen molar-refractivity contribution in [2.24, 2.45) is 0 Å². The Kier molecular flexibility index (Phi) is 5.80. The minimum Gasteiger partial charge on any atom is -0.481 e. The molecule has 7 nitrogen and oxygen atoms in total. The Morgan fingerprint density at radius 1 is 1.28 bits per heavy atom. The maximum Gasteiger partial charge on any atom is 0.305 e. The lowest BCUT2D eigenvalue weighted by molar-refractivity contribution is -0.137. The van der Waals surface area contributed by atoms with E-state index in [1.165, 1.54) is 10.7 Å². The van der Waals surface area contributed by atoms with Crippen molar-refractivity contribution < 1.29 is 14.7 Å². The summed E-state index contributed by atoms with van der Waals surface area (Å²) in [4.78, 5) is 35.5. The maximum atomic E-state index is 12.4. The number of aromatic nitrogens is 2. The van der Waals surface area contributed by atoms with Crippen LogP contribution in [-0.4, -0.2) is 32.8 Å². The number of hydrogen-bond donors (Lipinski definition) is 3. The highest BCUT2D eigenvalue weighted by Crippen LogP contribution is 2.14. The summed E-state index contributed by atoms with van der Waals surface area (Å²) in [7, 11) is 0. The van der Waals surface area contributed by atoms with Crippen molar-refractivity contribution in [3.63, 3.8) is 0 Å². The minimum absolute atomic E-state index is 0.109. The highest BCUT2D eigenvalue weighted by Gasteiger charge is 2.19. The zero-order valence-corrected chi connectivity index (χ0v) is 14.6. The second kappa shape index (κ2) is 7.83. The van der Waals surface area contributed by atoms with Crippen LogP contribution in [0.5, 0.6) is 0 Å². The number of nitrogens with one attached hydrogen (secondary N) is 2. The van der Waals surface area contributed by atoms with Crippen molar-refractivity contribution in [2.45, 2.75) is 46.1 Å². The number of H-pyrrole nitrogens is 1. The van der Waals surface area contributed by atoms with Gasteiger partial charge in [-0.3, -0.25) is 19.5 Å². The van der Waals surface area contributed by atoms with Gasteiger partial charge in [0.15, 0.2) is 0 Å².